The fraction of sp³-hybridized carbons (Fsp3) is 0. The molecular weight excluding hydrogens is 348 g/mol. The molecule has 3 rings (SSSR count). The Bertz CT molecular complexity index is 913. The topological polar surface area (TPSA) is 54.0 Å². The van der Waals surface area contributed by atoms with Gasteiger partial charge in [0, 0.05) is 11.8 Å². The molecule has 2 aromatic carbocycles. The van der Waals surface area contributed by atoms with Crippen LogP contribution in [0.5, 0.6) is 0 Å². The minimum absolute atomic E-state index is 0.187. The summed E-state index contributed by atoms with van der Waals surface area (Å²) in [7, 11) is 0. The van der Waals surface area contributed by atoms with Crippen molar-refractivity contribution >= 4 is 34.7 Å². The van der Waals surface area contributed by atoms with Gasteiger partial charge in [0.25, 0.3) is 5.91 Å². The zero-order valence-corrected chi connectivity index (χ0v) is 13.5. The maximum atomic E-state index is 13.6. The van der Waals surface area contributed by atoms with Crippen LogP contribution in [0.4, 0.5) is 26.0 Å². The van der Waals surface area contributed by atoms with E-state index in [-0.39, 0.29) is 5.56 Å². The molecule has 126 valence electrons. The van der Waals surface area contributed by atoms with Crippen molar-refractivity contribution in [3.8, 4) is 0 Å². The molecule has 1 aromatic heterocycles. The van der Waals surface area contributed by atoms with E-state index in [0.717, 1.165) is 12.1 Å². The molecule has 0 atom stereocenters. The SMILES string of the molecule is O=C(Nc1c(F)cccc1F)c1ccnc(Nc2ccccc2Cl)c1. The van der Waals surface area contributed by atoms with Crippen molar-refractivity contribution in [2.24, 2.45) is 0 Å². The number of nitrogens with zero attached hydrogens (tertiary/aromatic N) is 1. The normalized spacial score (nSPS) is 10.4. The number of aromatic nitrogens is 1. The lowest BCUT2D eigenvalue weighted by Gasteiger charge is -2.10. The first-order chi connectivity index (χ1) is 12.0. The molecule has 4 nitrogen and oxygen atoms in total. The Hall–Kier alpha value is -2.99. The first-order valence-corrected chi connectivity index (χ1v) is 7.65. The van der Waals surface area contributed by atoms with Crippen LogP contribution in [0.25, 0.3) is 0 Å². The molecule has 0 aliphatic rings. The second-order valence-electron chi connectivity index (χ2n) is 5.09. The van der Waals surface area contributed by atoms with Crippen molar-refractivity contribution in [3.63, 3.8) is 0 Å². The molecule has 3 aromatic rings. The lowest BCUT2D eigenvalue weighted by molar-refractivity contribution is 0.102. The minimum atomic E-state index is -0.850. The summed E-state index contributed by atoms with van der Waals surface area (Å²) in [6, 6.07) is 13.3. The quantitative estimate of drug-likeness (QED) is 0.688. The highest BCUT2D eigenvalue weighted by Crippen LogP contribution is 2.24. The fourth-order valence-corrected chi connectivity index (χ4v) is 2.33. The molecule has 0 saturated carbocycles. The Balaban J connectivity index is 1.81. The standard InChI is InChI=1S/C18H12ClF2N3O/c19-12-4-1-2-7-15(12)23-16-10-11(8-9-22-16)18(25)24-17-13(20)5-3-6-14(17)21/h1-10H,(H,22,23)(H,24,25). The molecule has 0 unspecified atom stereocenters. The highest BCUT2D eigenvalue weighted by atomic mass is 35.5. The van der Waals surface area contributed by atoms with E-state index in [2.05, 4.69) is 15.6 Å². The first-order valence-electron chi connectivity index (χ1n) is 7.27. The van der Waals surface area contributed by atoms with Gasteiger partial charge in [0.15, 0.2) is 0 Å². The van der Waals surface area contributed by atoms with Gasteiger partial charge in [0.05, 0.1) is 10.7 Å². The van der Waals surface area contributed by atoms with Gasteiger partial charge in [-0.2, -0.15) is 0 Å². The van der Waals surface area contributed by atoms with Gasteiger partial charge in [-0.3, -0.25) is 4.79 Å². The summed E-state index contributed by atoms with van der Waals surface area (Å²) in [5.74, 6) is -1.99. The van der Waals surface area contributed by atoms with Gasteiger partial charge < -0.3 is 10.6 Å². The number of para-hydroxylation sites is 2. The van der Waals surface area contributed by atoms with Crippen molar-refractivity contribution < 1.29 is 13.6 Å². The number of benzene rings is 2. The van der Waals surface area contributed by atoms with Crippen LogP contribution in [0.1, 0.15) is 10.4 Å². The van der Waals surface area contributed by atoms with Gasteiger partial charge in [0.2, 0.25) is 0 Å². The molecule has 0 aliphatic carbocycles. The molecule has 0 radical (unpaired) electrons. The monoisotopic (exact) mass is 359 g/mol. The van der Waals surface area contributed by atoms with E-state index >= 15 is 0 Å². The number of carbonyl (C=O) groups is 1. The van der Waals surface area contributed by atoms with Crippen LogP contribution in [0.2, 0.25) is 5.02 Å². The van der Waals surface area contributed by atoms with Crippen molar-refractivity contribution in [1.82, 2.24) is 4.98 Å². The van der Waals surface area contributed by atoms with Gasteiger partial charge >= 0.3 is 0 Å². The number of anilines is 3. The molecule has 0 aliphatic heterocycles. The number of halogens is 3. The third kappa shape index (κ3) is 3.92. The molecule has 7 heteroatoms. The number of carbonyl (C=O) groups excluding carboxylic acids is 1. The zero-order chi connectivity index (χ0) is 17.8. The van der Waals surface area contributed by atoms with Crippen molar-refractivity contribution in [1.29, 1.82) is 0 Å². The molecule has 25 heavy (non-hydrogen) atoms. The van der Waals surface area contributed by atoms with Crippen molar-refractivity contribution in [2.75, 3.05) is 10.6 Å². The number of nitrogens with one attached hydrogen (secondary N) is 2. The van der Waals surface area contributed by atoms with Crippen molar-refractivity contribution in [3.05, 3.63) is 83.0 Å². The molecule has 1 heterocycles. The molecule has 1 amide bonds. The van der Waals surface area contributed by atoms with Crippen LogP contribution in [-0.2, 0) is 0 Å². The Morgan fingerprint density at radius 2 is 1.72 bits per heavy atom. The predicted molar refractivity (Wildman–Crippen MR) is 93.3 cm³/mol. The third-order valence-electron chi connectivity index (χ3n) is 3.36. The van der Waals surface area contributed by atoms with Crippen LogP contribution >= 0.6 is 11.6 Å². The summed E-state index contributed by atoms with van der Waals surface area (Å²) < 4.78 is 27.3. The third-order valence-corrected chi connectivity index (χ3v) is 3.69. The molecular formula is C18H12ClF2N3O. The summed E-state index contributed by atoms with van der Waals surface area (Å²) in [6.07, 6.45) is 1.41. The average molecular weight is 360 g/mol. The molecule has 0 bridgehead atoms. The van der Waals surface area contributed by atoms with Gasteiger partial charge in [-0.1, -0.05) is 29.8 Å². The summed E-state index contributed by atoms with van der Waals surface area (Å²) in [5, 5.41) is 5.70. The molecule has 0 saturated heterocycles. The Kier molecular flexibility index (Phi) is 4.90. The van der Waals surface area contributed by atoms with Crippen molar-refractivity contribution in [2.45, 2.75) is 0 Å². The predicted octanol–water partition coefficient (Wildman–Crippen LogP) is 5.01. The van der Waals surface area contributed by atoms with Crippen LogP contribution in [-0.4, -0.2) is 10.9 Å². The smallest absolute Gasteiger partial charge is 0.256 e. The second kappa shape index (κ2) is 7.27. The van der Waals surface area contributed by atoms with E-state index < -0.39 is 23.2 Å². The number of hydrogen-bond acceptors (Lipinski definition) is 3. The summed E-state index contributed by atoms with van der Waals surface area (Å²) in [4.78, 5) is 16.4. The average Bonchev–Trinajstić information content (AvgIpc) is 2.60. The highest BCUT2D eigenvalue weighted by Gasteiger charge is 2.14. The molecule has 0 spiro atoms. The zero-order valence-electron chi connectivity index (χ0n) is 12.8. The Labute approximate surface area is 147 Å². The van der Waals surface area contributed by atoms with Gasteiger partial charge in [-0.25, -0.2) is 13.8 Å². The highest BCUT2D eigenvalue weighted by molar-refractivity contribution is 6.33. The summed E-state index contributed by atoms with van der Waals surface area (Å²) in [5.41, 5.74) is 0.312. The van der Waals surface area contributed by atoms with Gasteiger partial charge in [-0.15, -0.1) is 0 Å². The summed E-state index contributed by atoms with van der Waals surface area (Å²) >= 11 is 6.07. The lowest BCUT2D eigenvalue weighted by atomic mass is 10.2. The van der Waals surface area contributed by atoms with Crippen LogP contribution < -0.4 is 10.6 Å². The maximum Gasteiger partial charge on any atom is 0.256 e. The van der Waals surface area contributed by atoms with Crippen LogP contribution in [0.3, 0.4) is 0 Å². The van der Waals surface area contributed by atoms with Gasteiger partial charge in [-0.05, 0) is 36.4 Å². The number of rotatable bonds is 4. The lowest BCUT2D eigenvalue weighted by Crippen LogP contribution is -2.14. The van der Waals surface area contributed by atoms with E-state index in [0.29, 0.717) is 16.5 Å². The van der Waals surface area contributed by atoms with Gasteiger partial charge in [0.1, 0.15) is 23.1 Å². The fourth-order valence-electron chi connectivity index (χ4n) is 2.14. The second-order valence-corrected chi connectivity index (χ2v) is 5.49. The molecule has 2 N–H and O–H groups in total. The Morgan fingerprint density at radius 3 is 2.44 bits per heavy atom. The number of pyridine rings is 1. The number of hydrogen-bond donors (Lipinski definition) is 2. The van der Waals surface area contributed by atoms with E-state index in [9.17, 15) is 13.6 Å². The Morgan fingerprint density at radius 1 is 1.00 bits per heavy atom. The van der Waals surface area contributed by atoms with E-state index in [1.54, 1.807) is 24.3 Å². The summed E-state index contributed by atoms with van der Waals surface area (Å²) in [6.45, 7) is 0. The van der Waals surface area contributed by atoms with E-state index in [4.69, 9.17) is 11.6 Å². The molecule has 0 fully saturated rings. The first kappa shape index (κ1) is 16.9. The van der Waals surface area contributed by atoms with E-state index in [1.165, 1.54) is 24.4 Å². The number of amides is 1. The minimum Gasteiger partial charge on any atom is -0.339 e. The van der Waals surface area contributed by atoms with Crippen LogP contribution in [0.15, 0.2) is 60.8 Å². The largest absolute Gasteiger partial charge is 0.339 e. The van der Waals surface area contributed by atoms with Crippen LogP contribution in [0, 0.1) is 11.6 Å². The van der Waals surface area contributed by atoms with E-state index in [1.807, 2.05) is 0 Å². The maximum absolute atomic E-state index is 13.6.